The minimum atomic E-state index is 0.280. The highest BCUT2D eigenvalue weighted by molar-refractivity contribution is 5.53. The molecular weight excluding hydrogens is 250 g/mol. The Labute approximate surface area is 119 Å². The molecule has 0 fully saturated rings. The van der Waals surface area contributed by atoms with Crippen molar-refractivity contribution in [2.24, 2.45) is 7.05 Å². The van der Waals surface area contributed by atoms with E-state index < -0.39 is 0 Å². The molecule has 0 radical (unpaired) electrons. The number of ether oxygens (including phenoxy) is 1. The number of anilines is 1. The van der Waals surface area contributed by atoms with E-state index in [1.54, 1.807) is 0 Å². The van der Waals surface area contributed by atoms with Crippen LogP contribution in [0.25, 0.3) is 0 Å². The summed E-state index contributed by atoms with van der Waals surface area (Å²) in [5.41, 5.74) is 4.25. The van der Waals surface area contributed by atoms with Gasteiger partial charge in [-0.15, -0.1) is 6.42 Å². The number of hydrogen-bond donors (Lipinski definition) is 1. The summed E-state index contributed by atoms with van der Waals surface area (Å²) in [6.45, 7) is 5.00. The van der Waals surface area contributed by atoms with Crippen LogP contribution in [0.3, 0.4) is 0 Å². The highest BCUT2D eigenvalue weighted by atomic mass is 16.5. The molecule has 1 heterocycles. The molecule has 2 aromatic rings. The summed E-state index contributed by atoms with van der Waals surface area (Å²) in [6.07, 6.45) is 5.23. The van der Waals surface area contributed by atoms with Crippen LogP contribution in [-0.2, 0) is 13.6 Å². The van der Waals surface area contributed by atoms with Gasteiger partial charge in [0.1, 0.15) is 12.4 Å². The van der Waals surface area contributed by atoms with Gasteiger partial charge in [0.25, 0.3) is 0 Å². The maximum atomic E-state index is 5.54. The van der Waals surface area contributed by atoms with E-state index in [1.165, 1.54) is 0 Å². The number of para-hydroxylation sites is 1. The molecule has 104 valence electrons. The minimum absolute atomic E-state index is 0.280. The molecule has 0 spiro atoms. The Kier molecular flexibility index (Phi) is 4.31. The van der Waals surface area contributed by atoms with E-state index in [2.05, 4.69) is 16.3 Å². The van der Waals surface area contributed by atoms with Crippen LogP contribution in [0.15, 0.2) is 24.3 Å². The van der Waals surface area contributed by atoms with Gasteiger partial charge in [0.2, 0.25) is 0 Å². The first kappa shape index (κ1) is 14.0. The van der Waals surface area contributed by atoms with Crippen molar-refractivity contribution in [3.05, 3.63) is 41.2 Å². The van der Waals surface area contributed by atoms with Crippen LogP contribution >= 0.6 is 0 Å². The maximum Gasteiger partial charge on any atom is 0.148 e. The van der Waals surface area contributed by atoms with E-state index in [0.717, 1.165) is 28.4 Å². The summed E-state index contributed by atoms with van der Waals surface area (Å²) in [7, 11) is 1.94. The van der Waals surface area contributed by atoms with Gasteiger partial charge >= 0.3 is 0 Å². The quantitative estimate of drug-likeness (QED) is 0.848. The van der Waals surface area contributed by atoms with Crippen molar-refractivity contribution in [3.8, 4) is 18.1 Å². The molecule has 4 heteroatoms. The number of aromatic nitrogens is 2. The fourth-order valence-electron chi connectivity index (χ4n) is 2.12. The van der Waals surface area contributed by atoms with E-state index in [1.807, 2.05) is 49.8 Å². The van der Waals surface area contributed by atoms with Crippen LogP contribution in [-0.4, -0.2) is 16.4 Å². The van der Waals surface area contributed by atoms with E-state index >= 15 is 0 Å². The zero-order chi connectivity index (χ0) is 14.5. The molecular formula is C16H19N3O. The minimum Gasteiger partial charge on any atom is -0.481 e. The van der Waals surface area contributed by atoms with Crippen molar-refractivity contribution in [2.75, 3.05) is 11.9 Å². The predicted octanol–water partition coefficient (Wildman–Crippen LogP) is 2.66. The highest BCUT2D eigenvalue weighted by Gasteiger charge is 2.10. The van der Waals surface area contributed by atoms with Crippen molar-refractivity contribution in [3.63, 3.8) is 0 Å². The van der Waals surface area contributed by atoms with Crippen molar-refractivity contribution in [1.29, 1.82) is 0 Å². The second kappa shape index (κ2) is 6.16. The molecule has 1 aromatic carbocycles. The first-order chi connectivity index (χ1) is 9.63. The van der Waals surface area contributed by atoms with Crippen LogP contribution < -0.4 is 10.1 Å². The van der Waals surface area contributed by atoms with Crippen LogP contribution in [0.5, 0.6) is 5.75 Å². The van der Waals surface area contributed by atoms with Crippen LogP contribution in [0.2, 0.25) is 0 Å². The summed E-state index contributed by atoms with van der Waals surface area (Å²) in [6, 6.07) is 7.88. The number of rotatable bonds is 5. The lowest BCUT2D eigenvalue weighted by molar-refractivity contribution is 0.366. The summed E-state index contributed by atoms with van der Waals surface area (Å²) < 4.78 is 7.42. The molecule has 0 saturated heterocycles. The molecule has 0 bridgehead atoms. The first-order valence-electron chi connectivity index (χ1n) is 6.51. The Morgan fingerprint density at radius 1 is 1.35 bits per heavy atom. The number of aryl methyl sites for hydroxylation is 2. The van der Waals surface area contributed by atoms with E-state index in [-0.39, 0.29) is 6.61 Å². The molecule has 1 aromatic heterocycles. The largest absolute Gasteiger partial charge is 0.481 e. The zero-order valence-corrected chi connectivity index (χ0v) is 12.1. The third-order valence-corrected chi connectivity index (χ3v) is 3.25. The van der Waals surface area contributed by atoms with Gasteiger partial charge in [0.15, 0.2) is 0 Å². The standard InChI is InChI=1S/C16H19N3O/c1-5-10-20-15-9-7-6-8-14(15)11-17-16-12(2)18-19(4)13(16)3/h1,6-9,17H,10-11H2,2-4H3. The summed E-state index contributed by atoms with van der Waals surface area (Å²) in [5.74, 6) is 3.30. The second-order valence-electron chi connectivity index (χ2n) is 4.62. The summed E-state index contributed by atoms with van der Waals surface area (Å²) in [4.78, 5) is 0. The highest BCUT2D eigenvalue weighted by Crippen LogP contribution is 2.22. The van der Waals surface area contributed by atoms with E-state index in [4.69, 9.17) is 11.2 Å². The molecule has 0 aliphatic heterocycles. The monoisotopic (exact) mass is 269 g/mol. The molecule has 0 saturated carbocycles. The Balaban J connectivity index is 2.13. The summed E-state index contributed by atoms with van der Waals surface area (Å²) in [5, 5.41) is 7.81. The molecule has 0 atom stereocenters. The summed E-state index contributed by atoms with van der Waals surface area (Å²) >= 11 is 0. The third kappa shape index (κ3) is 2.94. The predicted molar refractivity (Wildman–Crippen MR) is 80.8 cm³/mol. The van der Waals surface area contributed by atoms with Gasteiger partial charge in [-0.05, 0) is 19.9 Å². The molecule has 2 rings (SSSR count). The van der Waals surface area contributed by atoms with Gasteiger partial charge in [-0.3, -0.25) is 4.68 Å². The van der Waals surface area contributed by atoms with E-state index in [9.17, 15) is 0 Å². The van der Waals surface area contributed by atoms with Crippen LogP contribution in [0.1, 0.15) is 17.0 Å². The van der Waals surface area contributed by atoms with Crippen LogP contribution in [0.4, 0.5) is 5.69 Å². The maximum absolute atomic E-state index is 5.54. The molecule has 4 nitrogen and oxygen atoms in total. The third-order valence-electron chi connectivity index (χ3n) is 3.25. The molecule has 0 aliphatic carbocycles. The SMILES string of the molecule is C#CCOc1ccccc1CNc1c(C)nn(C)c1C. The normalized spacial score (nSPS) is 10.1. The number of terminal acetylenes is 1. The van der Waals surface area contributed by atoms with Gasteiger partial charge in [-0.2, -0.15) is 5.10 Å². The van der Waals surface area contributed by atoms with Gasteiger partial charge in [-0.25, -0.2) is 0 Å². The van der Waals surface area contributed by atoms with Crippen molar-refractivity contribution in [2.45, 2.75) is 20.4 Å². The smallest absolute Gasteiger partial charge is 0.148 e. The first-order valence-corrected chi connectivity index (χ1v) is 6.51. The fourth-order valence-corrected chi connectivity index (χ4v) is 2.12. The molecule has 0 aliphatic rings. The van der Waals surface area contributed by atoms with Crippen molar-refractivity contribution >= 4 is 5.69 Å². The molecule has 0 unspecified atom stereocenters. The lowest BCUT2D eigenvalue weighted by Crippen LogP contribution is -2.05. The van der Waals surface area contributed by atoms with Gasteiger partial charge < -0.3 is 10.1 Å². The Hall–Kier alpha value is -2.41. The van der Waals surface area contributed by atoms with Gasteiger partial charge in [0, 0.05) is 19.2 Å². The zero-order valence-electron chi connectivity index (χ0n) is 12.1. The average Bonchev–Trinajstić information content (AvgIpc) is 2.69. The van der Waals surface area contributed by atoms with Gasteiger partial charge in [0.05, 0.1) is 17.1 Å². The molecule has 1 N–H and O–H groups in total. The lowest BCUT2D eigenvalue weighted by atomic mass is 10.2. The Morgan fingerprint density at radius 3 is 2.75 bits per heavy atom. The van der Waals surface area contributed by atoms with E-state index in [0.29, 0.717) is 6.54 Å². The fraction of sp³-hybridized carbons (Fsp3) is 0.312. The van der Waals surface area contributed by atoms with Crippen LogP contribution in [0, 0.1) is 26.2 Å². The number of nitrogens with zero attached hydrogens (tertiary/aromatic N) is 2. The second-order valence-corrected chi connectivity index (χ2v) is 4.62. The molecule has 0 amide bonds. The van der Waals surface area contributed by atoms with Crippen molar-refractivity contribution in [1.82, 2.24) is 9.78 Å². The Bertz CT molecular complexity index is 638. The Morgan fingerprint density at radius 2 is 2.10 bits per heavy atom. The average molecular weight is 269 g/mol. The topological polar surface area (TPSA) is 39.1 Å². The van der Waals surface area contributed by atoms with Crippen molar-refractivity contribution < 1.29 is 4.74 Å². The molecule has 20 heavy (non-hydrogen) atoms. The van der Waals surface area contributed by atoms with Gasteiger partial charge in [-0.1, -0.05) is 24.1 Å². The lowest BCUT2D eigenvalue weighted by Gasteiger charge is -2.11. The number of benzene rings is 1. The number of hydrogen-bond acceptors (Lipinski definition) is 3. The number of nitrogens with one attached hydrogen (secondary N) is 1.